The Kier molecular flexibility index (Phi) is 8.41. The second kappa shape index (κ2) is 10.5. The van der Waals surface area contributed by atoms with Crippen LogP contribution in [0.5, 0.6) is 0 Å². The Balaban J connectivity index is 2.16. The van der Waals surface area contributed by atoms with Crippen LogP contribution in [0.25, 0.3) is 10.9 Å². The van der Waals surface area contributed by atoms with Gasteiger partial charge >= 0.3 is 0 Å². The highest BCUT2D eigenvalue weighted by atomic mass is 32.1. The van der Waals surface area contributed by atoms with Gasteiger partial charge in [0.15, 0.2) is 5.11 Å². The minimum Gasteiger partial charge on any atom is -0.396 e. The lowest BCUT2D eigenvalue weighted by Gasteiger charge is -2.25. The minimum absolute atomic E-state index is 0.0929. The number of quaternary nitrogens is 1. The molecular formula is C21H33N4O2S+. The molecule has 1 heterocycles. The van der Waals surface area contributed by atoms with Gasteiger partial charge in [-0.3, -0.25) is 4.79 Å². The summed E-state index contributed by atoms with van der Waals surface area (Å²) in [5.74, 6) is 0. The van der Waals surface area contributed by atoms with Gasteiger partial charge in [0.2, 0.25) is 0 Å². The Morgan fingerprint density at radius 3 is 2.61 bits per heavy atom. The van der Waals surface area contributed by atoms with Crippen molar-refractivity contribution < 1.29 is 10.0 Å². The standard InChI is InChI=1S/C21H32N4O2S/c1-15-11-17-13-18(20(27)23-19(17)12-16(15)2)14-25(9-6-10-26)21(28)22-7-5-8-24(3)4/h11-13,26H,5-10,14H2,1-4H3,(H,22,28)(H,23,27)/p+1. The van der Waals surface area contributed by atoms with Crippen molar-refractivity contribution >= 4 is 28.2 Å². The molecule has 2 rings (SSSR count). The number of hydrogen-bond acceptors (Lipinski definition) is 3. The number of aromatic amines is 1. The number of aliphatic hydroxyl groups excluding tert-OH is 1. The summed E-state index contributed by atoms with van der Waals surface area (Å²) in [5.41, 5.74) is 3.79. The number of H-pyrrole nitrogens is 1. The van der Waals surface area contributed by atoms with Gasteiger partial charge in [-0.1, -0.05) is 0 Å². The third-order valence-corrected chi connectivity index (χ3v) is 5.30. The van der Waals surface area contributed by atoms with E-state index in [9.17, 15) is 9.90 Å². The summed E-state index contributed by atoms with van der Waals surface area (Å²) < 4.78 is 0. The van der Waals surface area contributed by atoms with E-state index in [0.29, 0.717) is 30.2 Å². The number of rotatable bonds is 9. The number of thiocarbonyl (C=S) groups is 1. The topological polar surface area (TPSA) is 72.8 Å². The zero-order valence-electron chi connectivity index (χ0n) is 17.4. The second-order valence-corrected chi connectivity index (χ2v) is 8.08. The van der Waals surface area contributed by atoms with Crippen molar-refractivity contribution in [2.24, 2.45) is 0 Å². The highest BCUT2D eigenvalue weighted by Crippen LogP contribution is 2.18. The summed E-state index contributed by atoms with van der Waals surface area (Å²) in [7, 11) is 4.25. The molecule has 0 saturated heterocycles. The summed E-state index contributed by atoms with van der Waals surface area (Å²) in [5, 5.41) is 14.2. The largest absolute Gasteiger partial charge is 0.396 e. The molecular weight excluding hydrogens is 372 g/mol. The molecule has 4 N–H and O–H groups in total. The van der Waals surface area contributed by atoms with E-state index in [4.69, 9.17) is 12.2 Å². The number of hydrogen-bond donors (Lipinski definition) is 4. The quantitative estimate of drug-likeness (QED) is 0.366. The normalized spacial score (nSPS) is 11.2. The first-order chi connectivity index (χ1) is 13.3. The van der Waals surface area contributed by atoms with Gasteiger partial charge in [0.1, 0.15) is 0 Å². The fraction of sp³-hybridized carbons (Fsp3) is 0.524. The van der Waals surface area contributed by atoms with Crippen molar-refractivity contribution in [1.29, 1.82) is 0 Å². The number of pyridine rings is 1. The molecule has 2 aromatic rings. The molecule has 0 aliphatic rings. The van der Waals surface area contributed by atoms with E-state index in [1.165, 1.54) is 10.5 Å². The number of aryl methyl sites for hydroxylation is 2. The molecule has 1 aromatic heterocycles. The summed E-state index contributed by atoms with van der Waals surface area (Å²) in [6.45, 7) is 7.09. The van der Waals surface area contributed by atoms with Crippen LogP contribution in [0.4, 0.5) is 0 Å². The summed E-state index contributed by atoms with van der Waals surface area (Å²) in [4.78, 5) is 19.0. The third-order valence-electron chi connectivity index (χ3n) is 4.90. The summed E-state index contributed by atoms with van der Waals surface area (Å²) >= 11 is 5.56. The maximum atomic E-state index is 12.6. The van der Waals surface area contributed by atoms with Crippen LogP contribution >= 0.6 is 12.2 Å². The van der Waals surface area contributed by atoms with E-state index >= 15 is 0 Å². The number of aliphatic hydroxyl groups is 1. The second-order valence-electron chi connectivity index (χ2n) is 7.69. The van der Waals surface area contributed by atoms with Crippen molar-refractivity contribution in [1.82, 2.24) is 15.2 Å². The Bertz CT molecular complexity index is 863. The molecule has 0 fully saturated rings. The Morgan fingerprint density at radius 1 is 1.21 bits per heavy atom. The van der Waals surface area contributed by atoms with Crippen molar-refractivity contribution in [2.45, 2.75) is 33.2 Å². The van der Waals surface area contributed by atoms with Gasteiger partial charge in [0.25, 0.3) is 5.56 Å². The maximum absolute atomic E-state index is 12.6. The average molecular weight is 406 g/mol. The monoisotopic (exact) mass is 405 g/mol. The van der Waals surface area contributed by atoms with E-state index in [0.717, 1.165) is 36.0 Å². The van der Waals surface area contributed by atoms with Crippen LogP contribution in [0.3, 0.4) is 0 Å². The number of nitrogens with zero attached hydrogens (tertiary/aromatic N) is 1. The molecule has 0 bridgehead atoms. The van der Waals surface area contributed by atoms with Crippen LogP contribution in [0.2, 0.25) is 0 Å². The zero-order chi connectivity index (χ0) is 20.7. The lowest BCUT2D eigenvalue weighted by atomic mass is 10.0. The van der Waals surface area contributed by atoms with Gasteiger partial charge in [0.05, 0.1) is 27.2 Å². The zero-order valence-corrected chi connectivity index (χ0v) is 18.2. The predicted octanol–water partition coefficient (Wildman–Crippen LogP) is 0.738. The van der Waals surface area contributed by atoms with Crippen LogP contribution < -0.4 is 15.8 Å². The molecule has 0 saturated carbocycles. The average Bonchev–Trinajstić information content (AvgIpc) is 2.64. The molecule has 0 unspecified atom stereocenters. The highest BCUT2D eigenvalue weighted by Gasteiger charge is 2.13. The van der Waals surface area contributed by atoms with Gasteiger partial charge in [0, 0.05) is 37.2 Å². The van der Waals surface area contributed by atoms with Gasteiger partial charge in [-0.25, -0.2) is 0 Å². The van der Waals surface area contributed by atoms with Crippen LogP contribution in [-0.4, -0.2) is 60.4 Å². The van der Waals surface area contributed by atoms with Crippen LogP contribution in [0, 0.1) is 13.8 Å². The number of benzene rings is 1. The van der Waals surface area contributed by atoms with Crippen molar-refractivity contribution in [3.05, 3.63) is 45.2 Å². The number of fused-ring (bicyclic) bond motifs is 1. The van der Waals surface area contributed by atoms with Gasteiger partial charge in [-0.2, -0.15) is 0 Å². The highest BCUT2D eigenvalue weighted by molar-refractivity contribution is 7.80. The van der Waals surface area contributed by atoms with Crippen molar-refractivity contribution in [3.63, 3.8) is 0 Å². The lowest BCUT2D eigenvalue weighted by Crippen LogP contribution is -3.05. The van der Waals surface area contributed by atoms with Crippen molar-refractivity contribution in [2.75, 3.05) is 40.3 Å². The van der Waals surface area contributed by atoms with E-state index in [1.54, 1.807) is 0 Å². The molecule has 0 aliphatic carbocycles. The van der Waals surface area contributed by atoms with Gasteiger partial charge in [-0.15, -0.1) is 0 Å². The fourth-order valence-corrected chi connectivity index (χ4v) is 3.37. The van der Waals surface area contributed by atoms with Crippen LogP contribution in [-0.2, 0) is 6.54 Å². The first-order valence-electron chi connectivity index (χ1n) is 9.87. The molecule has 1 aromatic carbocycles. The van der Waals surface area contributed by atoms with E-state index in [1.807, 2.05) is 24.0 Å². The first-order valence-corrected chi connectivity index (χ1v) is 10.3. The molecule has 0 amide bonds. The van der Waals surface area contributed by atoms with Crippen LogP contribution in [0.1, 0.15) is 29.5 Å². The van der Waals surface area contributed by atoms with Crippen molar-refractivity contribution in [3.8, 4) is 0 Å². The van der Waals surface area contributed by atoms with E-state index in [-0.39, 0.29) is 12.2 Å². The lowest BCUT2D eigenvalue weighted by molar-refractivity contribution is -0.858. The number of nitrogens with one attached hydrogen (secondary N) is 3. The smallest absolute Gasteiger partial charge is 0.253 e. The summed E-state index contributed by atoms with van der Waals surface area (Å²) in [6.07, 6.45) is 1.62. The number of aromatic nitrogens is 1. The van der Waals surface area contributed by atoms with Gasteiger partial charge in [-0.05, 0) is 67.2 Å². The Morgan fingerprint density at radius 2 is 1.93 bits per heavy atom. The minimum atomic E-state index is -0.0937. The van der Waals surface area contributed by atoms with E-state index < -0.39 is 0 Å². The molecule has 0 radical (unpaired) electrons. The van der Waals surface area contributed by atoms with Crippen LogP contribution in [0.15, 0.2) is 23.0 Å². The molecule has 6 nitrogen and oxygen atoms in total. The predicted molar refractivity (Wildman–Crippen MR) is 119 cm³/mol. The Labute approximate surface area is 172 Å². The third kappa shape index (κ3) is 6.29. The molecule has 0 atom stereocenters. The van der Waals surface area contributed by atoms with E-state index in [2.05, 4.69) is 37.4 Å². The molecule has 7 heteroatoms. The molecule has 28 heavy (non-hydrogen) atoms. The Hall–Kier alpha value is -1.96. The molecule has 154 valence electrons. The fourth-order valence-electron chi connectivity index (χ4n) is 3.11. The molecule has 0 spiro atoms. The first kappa shape index (κ1) is 22.3. The summed E-state index contributed by atoms with van der Waals surface area (Å²) in [6, 6.07) is 6.06. The molecule has 0 aliphatic heterocycles. The maximum Gasteiger partial charge on any atom is 0.253 e. The SMILES string of the molecule is Cc1cc2cc(CN(CCCO)C(=S)NCCC[NH+](C)C)c(=O)[nH]c2cc1C. The van der Waals surface area contributed by atoms with Gasteiger partial charge < -0.3 is 25.2 Å².